The summed E-state index contributed by atoms with van der Waals surface area (Å²) in [6, 6.07) is 13.8. The number of hydrogen-bond acceptors (Lipinski definition) is 2. The van der Waals surface area contributed by atoms with Gasteiger partial charge in [-0.05, 0) is 65.1 Å². The van der Waals surface area contributed by atoms with Gasteiger partial charge < -0.3 is 5.32 Å². The van der Waals surface area contributed by atoms with Crippen molar-refractivity contribution in [3.05, 3.63) is 57.4 Å². The Morgan fingerprint density at radius 1 is 1.06 bits per heavy atom. The van der Waals surface area contributed by atoms with E-state index in [1.807, 2.05) is 30.3 Å². The molecule has 0 spiro atoms. The van der Waals surface area contributed by atoms with Crippen molar-refractivity contribution in [3.8, 4) is 6.07 Å². The average Bonchev–Trinajstić information content (AvgIpc) is 2.31. The molecule has 0 atom stereocenters. The molecule has 2 nitrogen and oxygen atoms in total. The van der Waals surface area contributed by atoms with Crippen molar-refractivity contribution >= 4 is 34.0 Å². The van der Waals surface area contributed by atoms with Crippen LogP contribution in [0.15, 0.2) is 42.5 Å². The van der Waals surface area contributed by atoms with E-state index in [2.05, 4.69) is 27.9 Å². The molecular formula is C13H8FIN2. The Kier molecular flexibility index (Phi) is 3.59. The van der Waals surface area contributed by atoms with Crippen LogP contribution in [0.2, 0.25) is 0 Å². The number of nitrogens with zero attached hydrogens (tertiary/aromatic N) is 1. The van der Waals surface area contributed by atoms with Crippen molar-refractivity contribution in [1.29, 1.82) is 5.26 Å². The summed E-state index contributed by atoms with van der Waals surface area (Å²) in [5.74, 6) is -0.419. The molecule has 1 N–H and O–H groups in total. The van der Waals surface area contributed by atoms with Crippen LogP contribution in [0, 0.1) is 20.7 Å². The highest BCUT2D eigenvalue weighted by Crippen LogP contribution is 2.20. The molecule has 2 rings (SSSR count). The predicted octanol–water partition coefficient (Wildman–Crippen LogP) is 4.05. The number of hydrogen-bond donors (Lipinski definition) is 1. The molecule has 0 aliphatic carbocycles. The van der Waals surface area contributed by atoms with E-state index in [1.165, 1.54) is 12.1 Å². The van der Waals surface area contributed by atoms with E-state index in [0.29, 0.717) is 11.3 Å². The molecule has 0 radical (unpaired) electrons. The first-order valence-corrected chi connectivity index (χ1v) is 5.98. The van der Waals surface area contributed by atoms with Gasteiger partial charge in [0.25, 0.3) is 0 Å². The summed E-state index contributed by atoms with van der Waals surface area (Å²) in [6.45, 7) is 0. The number of nitriles is 1. The standard InChI is InChI=1S/C13H8FIN2/c14-10-5-9(8-16)6-13(7-10)17-12-3-1-11(15)2-4-12/h1-7,17H. The van der Waals surface area contributed by atoms with Crippen LogP contribution in [-0.4, -0.2) is 0 Å². The van der Waals surface area contributed by atoms with Crippen LogP contribution in [0.25, 0.3) is 0 Å². The summed E-state index contributed by atoms with van der Waals surface area (Å²) in [4.78, 5) is 0. The molecule has 0 saturated heterocycles. The van der Waals surface area contributed by atoms with Gasteiger partial charge in [-0.3, -0.25) is 0 Å². The number of rotatable bonds is 2. The van der Waals surface area contributed by atoms with E-state index in [4.69, 9.17) is 5.26 Å². The van der Waals surface area contributed by atoms with Crippen LogP contribution >= 0.6 is 22.6 Å². The topological polar surface area (TPSA) is 35.8 Å². The average molecular weight is 338 g/mol. The third kappa shape index (κ3) is 3.17. The van der Waals surface area contributed by atoms with Crippen molar-refractivity contribution in [2.24, 2.45) is 0 Å². The number of halogens is 2. The summed E-state index contributed by atoms with van der Waals surface area (Å²) >= 11 is 2.21. The Bertz CT molecular complexity index is 573. The van der Waals surface area contributed by atoms with Gasteiger partial charge in [0.1, 0.15) is 5.82 Å². The van der Waals surface area contributed by atoms with Crippen LogP contribution in [-0.2, 0) is 0 Å². The molecule has 17 heavy (non-hydrogen) atoms. The Morgan fingerprint density at radius 3 is 2.41 bits per heavy atom. The molecule has 2 aromatic rings. The van der Waals surface area contributed by atoms with E-state index in [-0.39, 0.29) is 0 Å². The minimum absolute atomic E-state index is 0.304. The monoisotopic (exact) mass is 338 g/mol. The van der Waals surface area contributed by atoms with Crippen molar-refractivity contribution < 1.29 is 4.39 Å². The fraction of sp³-hybridized carbons (Fsp3) is 0. The third-order valence-corrected chi connectivity index (χ3v) is 2.88. The van der Waals surface area contributed by atoms with Crippen molar-refractivity contribution in [2.75, 3.05) is 5.32 Å². The zero-order valence-corrected chi connectivity index (χ0v) is 10.9. The van der Waals surface area contributed by atoms with Gasteiger partial charge in [0.2, 0.25) is 0 Å². The summed E-state index contributed by atoms with van der Waals surface area (Å²) in [6.07, 6.45) is 0. The van der Waals surface area contributed by atoms with Gasteiger partial charge in [-0.1, -0.05) is 0 Å². The molecule has 0 bridgehead atoms. The minimum atomic E-state index is -0.419. The zero-order valence-electron chi connectivity index (χ0n) is 8.74. The maximum atomic E-state index is 13.2. The molecule has 0 saturated carbocycles. The highest BCUT2D eigenvalue weighted by atomic mass is 127. The van der Waals surface area contributed by atoms with Crippen LogP contribution in [0.5, 0.6) is 0 Å². The summed E-state index contributed by atoms with van der Waals surface area (Å²) in [7, 11) is 0. The number of benzene rings is 2. The maximum Gasteiger partial charge on any atom is 0.126 e. The second-order valence-electron chi connectivity index (χ2n) is 3.47. The Hall–Kier alpha value is -1.61. The van der Waals surface area contributed by atoms with Gasteiger partial charge in [0, 0.05) is 14.9 Å². The second kappa shape index (κ2) is 5.15. The fourth-order valence-electron chi connectivity index (χ4n) is 1.43. The molecule has 0 fully saturated rings. The lowest BCUT2D eigenvalue weighted by Crippen LogP contribution is -1.92. The van der Waals surface area contributed by atoms with Crippen molar-refractivity contribution in [2.45, 2.75) is 0 Å². The lowest BCUT2D eigenvalue weighted by molar-refractivity contribution is 0.628. The van der Waals surface area contributed by atoms with Gasteiger partial charge in [-0.25, -0.2) is 4.39 Å². The fourth-order valence-corrected chi connectivity index (χ4v) is 1.79. The largest absolute Gasteiger partial charge is 0.355 e. The molecule has 2 aromatic carbocycles. The molecule has 0 aromatic heterocycles. The van der Waals surface area contributed by atoms with Gasteiger partial charge in [0.05, 0.1) is 11.6 Å². The normalized spacial score (nSPS) is 9.71. The first-order valence-electron chi connectivity index (χ1n) is 4.90. The third-order valence-electron chi connectivity index (χ3n) is 2.16. The van der Waals surface area contributed by atoms with Crippen LogP contribution in [0.1, 0.15) is 5.56 Å². The molecular weight excluding hydrogens is 330 g/mol. The molecule has 0 aliphatic rings. The molecule has 0 amide bonds. The van der Waals surface area contributed by atoms with Gasteiger partial charge in [-0.2, -0.15) is 5.26 Å². The molecule has 0 aliphatic heterocycles. The minimum Gasteiger partial charge on any atom is -0.355 e. The number of nitrogens with one attached hydrogen (secondary N) is 1. The second-order valence-corrected chi connectivity index (χ2v) is 4.72. The van der Waals surface area contributed by atoms with Gasteiger partial charge in [0.15, 0.2) is 0 Å². The van der Waals surface area contributed by atoms with Crippen LogP contribution < -0.4 is 5.32 Å². The lowest BCUT2D eigenvalue weighted by atomic mass is 10.2. The maximum absolute atomic E-state index is 13.2. The lowest BCUT2D eigenvalue weighted by Gasteiger charge is -2.07. The van der Waals surface area contributed by atoms with Crippen molar-refractivity contribution in [3.63, 3.8) is 0 Å². The summed E-state index contributed by atoms with van der Waals surface area (Å²) < 4.78 is 14.3. The van der Waals surface area contributed by atoms with E-state index >= 15 is 0 Å². The van der Waals surface area contributed by atoms with E-state index < -0.39 is 5.82 Å². The van der Waals surface area contributed by atoms with Crippen molar-refractivity contribution in [1.82, 2.24) is 0 Å². The molecule has 0 heterocycles. The summed E-state index contributed by atoms with van der Waals surface area (Å²) in [5, 5.41) is 11.8. The highest BCUT2D eigenvalue weighted by Gasteiger charge is 2.01. The first kappa shape index (κ1) is 11.9. The van der Waals surface area contributed by atoms with Gasteiger partial charge in [-0.15, -0.1) is 0 Å². The predicted molar refractivity (Wildman–Crippen MR) is 73.6 cm³/mol. The van der Waals surface area contributed by atoms with E-state index in [1.54, 1.807) is 6.07 Å². The van der Waals surface area contributed by atoms with Gasteiger partial charge >= 0.3 is 0 Å². The summed E-state index contributed by atoms with van der Waals surface area (Å²) in [5.41, 5.74) is 1.74. The number of anilines is 2. The Morgan fingerprint density at radius 2 is 1.76 bits per heavy atom. The van der Waals surface area contributed by atoms with E-state index in [0.717, 1.165) is 9.26 Å². The Balaban J connectivity index is 2.27. The molecule has 84 valence electrons. The first-order chi connectivity index (χ1) is 8.17. The van der Waals surface area contributed by atoms with Crippen LogP contribution in [0.3, 0.4) is 0 Å². The smallest absolute Gasteiger partial charge is 0.126 e. The zero-order chi connectivity index (χ0) is 12.3. The highest BCUT2D eigenvalue weighted by molar-refractivity contribution is 14.1. The van der Waals surface area contributed by atoms with Crippen LogP contribution in [0.4, 0.5) is 15.8 Å². The quantitative estimate of drug-likeness (QED) is 0.839. The SMILES string of the molecule is N#Cc1cc(F)cc(Nc2ccc(I)cc2)c1. The Labute approximate surface area is 112 Å². The molecule has 4 heteroatoms. The van der Waals surface area contributed by atoms with E-state index in [9.17, 15) is 4.39 Å². The molecule has 0 unspecified atom stereocenters.